The molecule has 0 saturated carbocycles. The SMILES string of the molecule is CCC[Si](OCC)(OCC)OCC.C[N+](C)(C)CCOP(=O)(O)O.[Cl-]. The van der Waals surface area contributed by atoms with Crippen LogP contribution >= 0.6 is 7.82 Å². The summed E-state index contributed by atoms with van der Waals surface area (Å²) in [6.45, 7) is 10.7. The van der Waals surface area contributed by atoms with E-state index in [1.807, 2.05) is 41.9 Å². The predicted octanol–water partition coefficient (Wildman–Crippen LogP) is -0.749. The average molecular weight is 426 g/mol. The molecule has 0 fully saturated rings. The first-order valence-corrected chi connectivity index (χ1v) is 11.8. The lowest BCUT2D eigenvalue weighted by Crippen LogP contribution is -3.00. The van der Waals surface area contributed by atoms with Crippen LogP contribution in [0.2, 0.25) is 6.04 Å². The number of hydrogen-bond donors (Lipinski definition) is 2. The van der Waals surface area contributed by atoms with Gasteiger partial charge >= 0.3 is 16.6 Å². The van der Waals surface area contributed by atoms with E-state index in [4.69, 9.17) is 23.1 Å². The molecule has 0 heterocycles. The number of phosphoric ester groups is 1. The van der Waals surface area contributed by atoms with Gasteiger partial charge in [0.1, 0.15) is 13.2 Å². The lowest BCUT2D eigenvalue weighted by molar-refractivity contribution is -0.870. The lowest BCUT2D eigenvalue weighted by Gasteiger charge is -2.27. The number of halogens is 1. The van der Waals surface area contributed by atoms with Gasteiger partial charge in [0.05, 0.1) is 21.1 Å². The maximum atomic E-state index is 10.2. The van der Waals surface area contributed by atoms with Crippen molar-refractivity contribution in [1.82, 2.24) is 0 Å². The van der Waals surface area contributed by atoms with Gasteiger partial charge in [-0.2, -0.15) is 0 Å². The molecule has 0 aromatic carbocycles. The first-order chi connectivity index (χ1) is 10.9. The van der Waals surface area contributed by atoms with E-state index in [-0.39, 0.29) is 19.0 Å². The van der Waals surface area contributed by atoms with Gasteiger partial charge in [0.15, 0.2) is 0 Å². The maximum absolute atomic E-state index is 10.2. The largest absolute Gasteiger partial charge is 1.00 e. The van der Waals surface area contributed by atoms with E-state index in [2.05, 4.69) is 11.4 Å². The molecule has 0 atom stereocenters. The summed E-state index contributed by atoms with van der Waals surface area (Å²) in [7, 11) is -0.798. The topological polar surface area (TPSA) is 94.5 Å². The maximum Gasteiger partial charge on any atom is 0.500 e. The summed E-state index contributed by atoms with van der Waals surface area (Å²) in [4.78, 5) is 16.6. The number of phosphoric acid groups is 1. The summed E-state index contributed by atoms with van der Waals surface area (Å²) < 4.78 is 32.0. The van der Waals surface area contributed by atoms with Crippen molar-refractivity contribution < 1.29 is 49.0 Å². The number of rotatable bonds is 12. The highest BCUT2D eigenvalue weighted by Crippen LogP contribution is 2.35. The third-order valence-electron chi connectivity index (χ3n) is 2.67. The molecule has 0 aromatic rings. The molecule has 11 heteroatoms. The Bertz CT molecular complexity index is 323. The number of hydrogen-bond acceptors (Lipinski definition) is 5. The third-order valence-corrected chi connectivity index (χ3v) is 6.49. The van der Waals surface area contributed by atoms with Crippen molar-refractivity contribution in [3.05, 3.63) is 0 Å². The summed E-state index contributed by atoms with van der Waals surface area (Å²) in [5.74, 6) is 0. The van der Waals surface area contributed by atoms with Crippen LogP contribution in [0.25, 0.3) is 0 Å². The molecule has 0 bridgehead atoms. The van der Waals surface area contributed by atoms with Crippen molar-refractivity contribution in [2.45, 2.75) is 40.2 Å². The van der Waals surface area contributed by atoms with Crippen LogP contribution in [0, 0.1) is 0 Å². The van der Waals surface area contributed by atoms with E-state index in [0.717, 1.165) is 12.5 Å². The normalized spacial score (nSPS) is 12.2. The zero-order valence-electron chi connectivity index (χ0n) is 16.7. The molecule has 0 aromatic heterocycles. The van der Waals surface area contributed by atoms with Crippen molar-refractivity contribution in [2.24, 2.45) is 0 Å². The molecular formula is C14H37ClNO7PSi. The number of nitrogens with zero attached hydrogens (tertiary/aromatic N) is 1. The Morgan fingerprint density at radius 1 is 0.920 bits per heavy atom. The third kappa shape index (κ3) is 20.6. The zero-order chi connectivity index (χ0) is 19.3. The summed E-state index contributed by atoms with van der Waals surface area (Å²) >= 11 is 0. The molecule has 0 aliphatic carbocycles. The summed E-state index contributed by atoms with van der Waals surface area (Å²) in [5, 5.41) is 0. The first-order valence-electron chi connectivity index (χ1n) is 8.37. The standard InChI is InChI=1S/C9H22O3Si.C5H14NO4P.ClH/c1-5-9-13(10-6-2,11-7-3)12-8-4;1-6(2,3)4-5-10-11(7,8)9;/h5-9H2,1-4H3;4-5H2,1-3H3,(H-,7,8,9);1H. The highest BCUT2D eigenvalue weighted by molar-refractivity contribution is 7.46. The molecule has 0 radical (unpaired) electrons. The minimum Gasteiger partial charge on any atom is -1.00 e. The fourth-order valence-electron chi connectivity index (χ4n) is 1.74. The molecule has 8 nitrogen and oxygen atoms in total. The summed E-state index contributed by atoms with van der Waals surface area (Å²) in [5.41, 5.74) is 0. The highest BCUT2D eigenvalue weighted by Gasteiger charge is 2.38. The molecule has 0 amide bonds. The van der Waals surface area contributed by atoms with Crippen LogP contribution < -0.4 is 12.4 Å². The Morgan fingerprint density at radius 3 is 1.56 bits per heavy atom. The average Bonchev–Trinajstić information content (AvgIpc) is 2.37. The van der Waals surface area contributed by atoms with Gasteiger partial charge in [0, 0.05) is 25.9 Å². The van der Waals surface area contributed by atoms with Gasteiger partial charge < -0.3 is 40.0 Å². The summed E-state index contributed by atoms with van der Waals surface area (Å²) in [6.07, 6.45) is 1.05. The van der Waals surface area contributed by atoms with Crippen LogP contribution in [0.5, 0.6) is 0 Å². The number of quaternary nitrogens is 1. The van der Waals surface area contributed by atoms with Gasteiger partial charge in [-0.25, -0.2) is 4.57 Å². The Hall–Kier alpha value is 0.457. The second-order valence-electron chi connectivity index (χ2n) is 6.07. The first kappa shape index (κ1) is 30.2. The van der Waals surface area contributed by atoms with E-state index in [0.29, 0.717) is 30.8 Å². The van der Waals surface area contributed by atoms with Crippen LogP contribution in [0.3, 0.4) is 0 Å². The summed E-state index contributed by atoms with van der Waals surface area (Å²) in [6, 6.07) is 0.919. The van der Waals surface area contributed by atoms with Gasteiger partial charge in [-0.15, -0.1) is 0 Å². The molecule has 2 N–H and O–H groups in total. The molecule has 0 saturated heterocycles. The van der Waals surface area contributed by atoms with E-state index >= 15 is 0 Å². The van der Waals surface area contributed by atoms with Crippen molar-refractivity contribution in [3.8, 4) is 0 Å². The van der Waals surface area contributed by atoms with Crippen LogP contribution in [-0.4, -0.2) is 77.2 Å². The van der Waals surface area contributed by atoms with Crippen LogP contribution in [0.4, 0.5) is 0 Å². The van der Waals surface area contributed by atoms with Crippen LogP contribution in [0.1, 0.15) is 34.1 Å². The van der Waals surface area contributed by atoms with E-state index in [9.17, 15) is 4.57 Å². The fourth-order valence-corrected chi connectivity index (χ4v) is 4.68. The second kappa shape index (κ2) is 15.5. The van der Waals surface area contributed by atoms with Gasteiger partial charge in [0.25, 0.3) is 0 Å². The van der Waals surface area contributed by atoms with Crippen molar-refractivity contribution in [2.75, 3.05) is 54.1 Å². The molecule has 0 spiro atoms. The Balaban J connectivity index is -0.000000377. The molecule has 0 aliphatic rings. The molecule has 25 heavy (non-hydrogen) atoms. The molecular weight excluding hydrogens is 389 g/mol. The highest BCUT2D eigenvalue weighted by atomic mass is 35.5. The lowest BCUT2D eigenvalue weighted by atomic mass is 10.5. The molecule has 0 aliphatic heterocycles. The Kier molecular flexibility index (Phi) is 18.7. The van der Waals surface area contributed by atoms with Gasteiger partial charge in [-0.3, -0.25) is 4.52 Å². The smallest absolute Gasteiger partial charge is 0.500 e. The molecule has 0 rings (SSSR count). The van der Waals surface area contributed by atoms with E-state index < -0.39 is 16.6 Å². The minimum atomic E-state index is -4.26. The van der Waals surface area contributed by atoms with Gasteiger partial charge in [-0.05, 0) is 20.8 Å². The Morgan fingerprint density at radius 2 is 1.32 bits per heavy atom. The van der Waals surface area contributed by atoms with E-state index in [1.165, 1.54) is 0 Å². The predicted molar refractivity (Wildman–Crippen MR) is 96.6 cm³/mol. The quantitative estimate of drug-likeness (QED) is 0.241. The second-order valence-corrected chi connectivity index (χ2v) is 10.0. The fraction of sp³-hybridized carbons (Fsp3) is 1.00. The van der Waals surface area contributed by atoms with E-state index in [1.54, 1.807) is 0 Å². The van der Waals surface area contributed by atoms with Crippen LogP contribution in [-0.2, 0) is 22.4 Å². The zero-order valence-corrected chi connectivity index (χ0v) is 19.3. The minimum absolute atomic E-state index is 0. The van der Waals surface area contributed by atoms with Crippen molar-refractivity contribution in [3.63, 3.8) is 0 Å². The molecule has 0 unspecified atom stereocenters. The monoisotopic (exact) mass is 425 g/mol. The molecule has 156 valence electrons. The van der Waals surface area contributed by atoms with Crippen LogP contribution in [0.15, 0.2) is 0 Å². The van der Waals surface area contributed by atoms with Crippen molar-refractivity contribution >= 4 is 16.6 Å². The van der Waals surface area contributed by atoms with Crippen molar-refractivity contribution in [1.29, 1.82) is 0 Å². The Labute approximate surface area is 160 Å². The number of likely N-dealkylation sites (N-methyl/N-ethyl adjacent to an activating group) is 1. The van der Waals surface area contributed by atoms with Gasteiger partial charge in [0.2, 0.25) is 0 Å². The van der Waals surface area contributed by atoms with Gasteiger partial charge in [-0.1, -0.05) is 13.3 Å².